The van der Waals surface area contributed by atoms with Crippen molar-refractivity contribution in [3.63, 3.8) is 0 Å². The lowest BCUT2D eigenvalue weighted by atomic mass is 9.81. The average molecular weight is 266 g/mol. The Balaban J connectivity index is 2.34. The van der Waals surface area contributed by atoms with E-state index in [4.69, 9.17) is 11.6 Å². The van der Waals surface area contributed by atoms with Gasteiger partial charge in [-0.1, -0.05) is 18.0 Å². The van der Waals surface area contributed by atoms with E-state index < -0.39 is 5.97 Å². The molecule has 2 N–H and O–H groups in total. The molecule has 94 valence electrons. The van der Waals surface area contributed by atoms with Crippen molar-refractivity contribution < 1.29 is 9.90 Å². The maximum atomic E-state index is 11.3. The number of hydrogen-bond donors (Lipinski definition) is 2. The summed E-state index contributed by atoms with van der Waals surface area (Å²) in [6.45, 7) is 1.80. The number of rotatable bonds is 2. The zero-order valence-corrected chi connectivity index (χ0v) is 10.6. The molecule has 1 aliphatic carbocycles. The summed E-state index contributed by atoms with van der Waals surface area (Å²) in [4.78, 5) is 22.8. The summed E-state index contributed by atoms with van der Waals surface area (Å²) in [5, 5.41) is 9.95. The van der Waals surface area contributed by atoms with Crippen LogP contribution in [0.25, 0.3) is 11.0 Å². The second-order valence-electron chi connectivity index (χ2n) is 4.63. The van der Waals surface area contributed by atoms with Gasteiger partial charge < -0.3 is 10.1 Å². The third-order valence-electron chi connectivity index (χ3n) is 3.45. The topological polar surface area (TPSA) is 78.9 Å². The van der Waals surface area contributed by atoms with Crippen molar-refractivity contribution in [1.29, 1.82) is 0 Å². The first-order valence-electron chi connectivity index (χ1n) is 5.87. The van der Waals surface area contributed by atoms with E-state index in [9.17, 15) is 9.90 Å². The number of aromatic amines is 1. The SMILES string of the molecule is Cc1nc(C2CCC2)c2c(C(=O)O)c(Cl)[nH]c2n1. The zero-order chi connectivity index (χ0) is 12.9. The van der Waals surface area contributed by atoms with Gasteiger partial charge >= 0.3 is 5.97 Å². The van der Waals surface area contributed by atoms with Crippen molar-refractivity contribution in [1.82, 2.24) is 15.0 Å². The van der Waals surface area contributed by atoms with Gasteiger partial charge in [0, 0.05) is 5.92 Å². The number of fused-ring (bicyclic) bond motifs is 1. The molecule has 3 rings (SSSR count). The van der Waals surface area contributed by atoms with Gasteiger partial charge in [0.1, 0.15) is 22.2 Å². The first kappa shape index (κ1) is 11.5. The second-order valence-corrected chi connectivity index (χ2v) is 5.00. The molecule has 0 bridgehead atoms. The molecule has 1 fully saturated rings. The van der Waals surface area contributed by atoms with Crippen molar-refractivity contribution in [2.24, 2.45) is 0 Å². The third-order valence-corrected chi connectivity index (χ3v) is 3.74. The van der Waals surface area contributed by atoms with E-state index in [1.54, 1.807) is 6.92 Å². The van der Waals surface area contributed by atoms with Crippen LogP contribution in [0.5, 0.6) is 0 Å². The van der Waals surface area contributed by atoms with E-state index in [1.165, 1.54) is 0 Å². The standard InChI is InChI=1S/C12H12ClN3O2/c1-5-14-9(6-3-2-4-6)7-8(12(17)18)10(13)16-11(7)15-5/h6H,2-4H2,1H3,(H,17,18)(H,14,15,16). The normalized spacial score (nSPS) is 15.9. The van der Waals surface area contributed by atoms with Gasteiger partial charge in [-0.3, -0.25) is 0 Å². The van der Waals surface area contributed by atoms with Gasteiger partial charge in [0.2, 0.25) is 0 Å². The Hall–Kier alpha value is -1.62. The number of hydrogen-bond acceptors (Lipinski definition) is 3. The van der Waals surface area contributed by atoms with Crippen LogP contribution in [0.3, 0.4) is 0 Å². The first-order chi connectivity index (χ1) is 8.58. The summed E-state index contributed by atoms with van der Waals surface area (Å²) in [6, 6.07) is 0. The fraction of sp³-hybridized carbons (Fsp3) is 0.417. The number of nitrogens with one attached hydrogen (secondary N) is 1. The quantitative estimate of drug-likeness (QED) is 0.875. The molecule has 0 atom stereocenters. The number of carboxylic acids is 1. The third kappa shape index (κ3) is 1.58. The predicted molar refractivity (Wildman–Crippen MR) is 67.2 cm³/mol. The maximum absolute atomic E-state index is 11.3. The number of carbonyl (C=O) groups is 1. The van der Waals surface area contributed by atoms with E-state index in [0.29, 0.717) is 22.8 Å². The fourth-order valence-electron chi connectivity index (χ4n) is 2.39. The summed E-state index contributed by atoms with van der Waals surface area (Å²) in [5.74, 6) is -0.0716. The Morgan fingerprint density at radius 1 is 1.44 bits per heavy atom. The van der Waals surface area contributed by atoms with Crippen LogP contribution in [-0.4, -0.2) is 26.0 Å². The lowest BCUT2D eigenvalue weighted by molar-refractivity contribution is 0.0699. The van der Waals surface area contributed by atoms with Crippen molar-refractivity contribution in [2.75, 3.05) is 0 Å². The highest BCUT2D eigenvalue weighted by molar-refractivity contribution is 6.34. The molecule has 1 aliphatic rings. The predicted octanol–water partition coefficient (Wildman–Crippen LogP) is 2.89. The van der Waals surface area contributed by atoms with Crippen LogP contribution < -0.4 is 0 Å². The van der Waals surface area contributed by atoms with Crippen LogP contribution in [0.2, 0.25) is 5.15 Å². The first-order valence-corrected chi connectivity index (χ1v) is 6.24. The van der Waals surface area contributed by atoms with Gasteiger partial charge in [-0.25, -0.2) is 14.8 Å². The van der Waals surface area contributed by atoms with Crippen LogP contribution in [0.15, 0.2) is 0 Å². The number of aromatic carboxylic acids is 1. The Labute approximate surface area is 108 Å². The minimum Gasteiger partial charge on any atom is -0.478 e. The van der Waals surface area contributed by atoms with Gasteiger partial charge in [-0.2, -0.15) is 0 Å². The minimum atomic E-state index is -1.04. The van der Waals surface area contributed by atoms with Crippen LogP contribution in [-0.2, 0) is 0 Å². The van der Waals surface area contributed by atoms with Crippen molar-refractivity contribution in [3.8, 4) is 0 Å². The Morgan fingerprint density at radius 2 is 2.17 bits per heavy atom. The average Bonchev–Trinajstić information content (AvgIpc) is 2.50. The van der Waals surface area contributed by atoms with E-state index >= 15 is 0 Å². The summed E-state index contributed by atoms with van der Waals surface area (Å²) in [7, 11) is 0. The number of carboxylic acid groups (broad SMARTS) is 1. The Bertz CT molecular complexity index is 646. The largest absolute Gasteiger partial charge is 0.478 e. The van der Waals surface area contributed by atoms with Crippen LogP contribution in [0.1, 0.15) is 47.1 Å². The highest BCUT2D eigenvalue weighted by Crippen LogP contribution is 2.40. The molecule has 0 radical (unpaired) electrons. The molecule has 0 saturated heterocycles. The number of H-pyrrole nitrogens is 1. The molecule has 1 saturated carbocycles. The van der Waals surface area contributed by atoms with E-state index in [-0.39, 0.29) is 10.7 Å². The second kappa shape index (κ2) is 3.95. The van der Waals surface area contributed by atoms with Gasteiger partial charge in [-0.15, -0.1) is 0 Å². The number of halogens is 1. The van der Waals surface area contributed by atoms with Gasteiger partial charge in [-0.05, 0) is 19.8 Å². The monoisotopic (exact) mass is 265 g/mol. The fourth-order valence-corrected chi connectivity index (χ4v) is 2.65. The molecule has 0 spiro atoms. The molecule has 6 heteroatoms. The van der Waals surface area contributed by atoms with Crippen molar-refractivity contribution in [2.45, 2.75) is 32.1 Å². The minimum absolute atomic E-state index is 0.0913. The van der Waals surface area contributed by atoms with Crippen LogP contribution in [0.4, 0.5) is 0 Å². The Kier molecular flexibility index (Phi) is 2.52. The highest BCUT2D eigenvalue weighted by Gasteiger charge is 2.28. The van der Waals surface area contributed by atoms with E-state index in [0.717, 1.165) is 25.0 Å². The summed E-state index contributed by atoms with van der Waals surface area (Å²) in [5.41, 5.74) is 1.43. The number of nitrogens with zero attached hydrogens (tertiary/aromatic N) is 2. The maximum Gasteiger partial charge on any atom is 0.339 e. The van der Waals surface area contributed by atoms with Gasteiger partial charge in [0.25, 0.3) is 0 Å². The molecular weight excluding hydrogens is 254 g/mol. The molecule has 18 heavy (non-hydrogen) atoms. The van der Waals surface area contributed by atoms with Gasteiger partial charge in [0.05, 0.1) is 11.1 Å². The van der Waals surface area contributed by atoms with Crippen LogP contribution in [0, 0.1) is 6.92 Å². The Morgan fingerprint density at radius 3 is 2.72 bits per heavy atom. The highest BCUT2D eigenvalue weighted by atomic mass is 35.5. The lowest BCUT2D eigenvalue weighted by Gasteiger charge is -2.25. The molecular formula is C12H12ClN3O2. The number of aromatic nitrogens is 3. The van der Waals surface area contributed by atoms with Crippen molar-refractivity contribution >= 4 is 28.6 Å². The number of aryl methyl sites for hydroxylation is 1. The summed E-state index contributed by atoms with van der Waals surface area (Å²) >= 11 is 5.95. The smallest absolute Gasteiger partial charge is 0.339 e. The molecule has 0 aliphatic heterocycles. The van der Waals surface area contributed by atoms with Crippen LogP contribution >= 0.6 is 11.6 Å². The van der Waals surface area contributed by atoms with Crippen molar-refractivity contribution in [3.05, 3.63) is 22.2 Å². The molecule has 2 aromatic heterocycles. The molecule has 0 amide bonds. The van der Waals surface area contributed by atoms with E-state index in [2.05, 4.69) is 15.0 Å². The molecule has 5 nitrogen and oxygen atoms in total. The lowest BCUT2D eigenvalue weighted by Crippen LogP contribution is -2.13. The molecule has 0 unspecified atom stereocenters. The molecule has 0 aromatic carbocycles. The summed E-state index contributed by atoms with van der Waals surface area (Å²) < 4.78 is 0. The van der Waals surface area contributed by atoms with Gasteiger partial charge in [0.15, 0.2) is 0 Å². The summed E-state index contributed by atoms with van der Waals surface area (Å²) in [6.07, 6.45) is 3.26. The molecule has 2 heterocycles. The van der Waals surface area contributed by atoms with E-state index in [1.807, 2.05) is 0 Å². The zero-order valence-electron chi connectivity index (χ0n) is 9.83. The molecule has 2 aromatic rings.